The summed E-state index contributed by atoms with van der Waals surface area (Å²) in [7, 11) is 4.82. The summed E-state index contributed by atoms with van der Waals surface area (Å²) in [4.78, 5) is 14.0. The molecule has 0 saturated heterocycles. The molecule has 2 aromatic rings. The van der Waals surface area contributed by atoms with E-state index in [1.165, 1.54) is 12.1 Å². The van der Waals surface area contributed by atoms with Crippen LogP contribution in [0.25, 0.3) is 0 Å². The molecule has 7 heteroatoms. The average Bonchev–Trinajstić information content (AvgIpc) is 2.63. The summed E-state index contributed by atoms with van der Waals surface area (Å²) in [6.07, 6.45) is 0.157. The highest BCUT2D eigenvalue weighted by atomic mass is 19.3. The van der Waals surface area contributed by atoms with Crippen LogP contribution >= 0.6 is 0 Å². The molecule has 0 aliphatic carbocycles. The van der Waals surface area contributed by atoms with Crippen molar-refractivity contribution < 1.29 is 27.8 Å². The van der Waals surface area contributed by atoms with Crippen molar-refractivity contribution in [1.82, 2.24) is 4.90 Å². The average molecular weight is 365 g/mol. The second-order valence-corrected chi connectivity index (χ2v) is 5.63. The van der Waals surface area contributed by atoms with E-state index in [0.717, 1.165) is 5.56 Å². The largest absolute Gasteiger partial charge is 0.497 e. The maximum atomic E-state index is 12.4. The molecule has 0 aromatic heterocycles. The summed E-state index contributed by atoms with van der Waals surface area (Å²) in [6.45, 7) is -2.49. The first-order chi connectivity index (χ1) is 12.4. The molecular weight excluding hydrogens is 344 g/mol. The number of halogens is 2. The summed E-state index contributed by atoms with van der Waals surface area (Å²) >= 11 is 0. The van der Waals surface area contributed by atoms with Gasteiger partial charge in [0.1, 0.15) is 17.2 Å². The standard InChI is InChI=1S/C19H21F2NO4/c1-22(12-14-6-9-16(24-2)11-17(14)25-3)18(23)10-13-4-7-15(8-5-13)26-19(20)21/h4-9,11,19H,10,12H2,1-3H3. The third kappa shape index (κ3) is 5.34. The fourth-order valence-corrected chi connectivity index (χ4v) is 2.42. The number of amides is 1. The van der Waals surface area contributed by atoms with E-state index in [2.05, 4.69) is 4.74 Å². The van der Waals surface area contributed by atoms with Gasteiger partial charge in [-0.2, -0.15) is 8.78 Å². The highest BCUT2D eigenvalue weighted by Gasteiger charge is 2.14. The van der Waals surface area contributed by atoms with Crippen molar-refractivity contribution in [1.29, 1.82) is 0 Å². The number of rotatable bonds is 8. The minimum Gasteiger partial charge on any atom is -0.497 e. The van der Waals surface area contributed by atoms with Crippen molar-refractivity contribution in [3.63, 3.8) is 0 Å². The molecule has 26 heavy (non-hydrogen) atoms. The van der Waals surface area contributed by atoms with Crippen molar-refractivity contribution in [2.45, 2.75) is 19.6 Å². The molecule has 1 amide bonds. The first-order valence-electron chi connectivity index (χ1n) is 7.91. The van der Waals surface area contributed by atoms with E-state index < -0.39 is 6.61 Å². The van der Waals surface area contributed by atoms with Crippen molar-refractivity contribution in [2.75, 3.05) is 21.3 Å². The van der Waals surface area contributed by atoms with Crippen LogP contribution in [-0.2, 0) is 17.8 Å². The number of methoxy groups -OCH3 is 2. The smallest absolute Gasteiger partial charge is 0.387 e. The van der Waals surface area contributed by atoms with E-state index in [1.54, 1.807) is 50.4 Å². The van der Waals surface area contributed by atoms with Crippen molar-refractivity contribution in [2.24, 2.45) is 0 Å². The van der Waals surface area contributed by atoms with Gasteiger partial charge in [-0.15, -0.1) is 0 Å². The Labute approximate surface area is 151 Å². The number of carbonyl (C=O) groups is 1. The van der Waals surface area contributed by atoms with E-state index in [0.29, 0.717) is 23.6 Å². The van der Waals surface area contributed by atoms with Gasteiger partial charge in [0, 0.05) is 25.2 Å². The van der Waals surface area contributed by atoms with Crippen LogP contribution in [0.15, 0.2) is 42.5 Å². The third-order valence-electron chi connectivity index (χ3n) is 3.83. The monoisotopic (exact) mass is 365 g/mol. The maximum Gasteiger partial charge on any atom is 0.387 e. The van der Waals surface area contributed by atoms with Crippen LogP contribution in [0.2, 0.25) is 0 Å². The Bertz CT molecular complexity index is 735. The fraction of sp³-hybridized carbons (Fsp3) is 0.316. The van der Waals surface area contributed by atoms with Crippen LogP contribution in [0, 0.1) is 0 Å². The van der Waals surface area contributed by atoms with Gasteiger partial charge in [0.15, 0.2) is 0 Å². The van der Waals surface area contributed by atoms with E-state index in [-0.39, 0.29) is 18.1 Å². The quantitative estimate of drug-likeness (QED) is 0.718. The van der Waals surface area contributed by atoms with Gasteiger partial charge in [-0.1, -0.05) is 12.1 Å². The zero-order valence-electron chi connectivity index (χ0n) is 14.9. The minimum atomic E-state index is -2.87. The fourth-order valence-electron chi connectivity index (χ4n) is 2.42. The Kier molecular flexibility index (Phi) is 6.77. The Balaban J connectivity index is 1.99. The molecule has 0 atom stereocenters. The SMILES string of the molecule is COc1ccc(CN(C)C(=O)Cc2ccc(OC(F)F)cc2)c(OC)c1. The van der Waals surface area contributed by atoms with Gasteiger partial charge in [0.25, 0.3) is 0 Å². The summed E-state index contributed by atoms with van der Waals surface area (Å²) in [5, 5.41) is 0. The van der Waals surface area contributed by atoms with Crippen LogP contribution in [0.3, 0.4) is 0 Å². The highest BCUT2D eigenvalue weighted by molar-refractivity contribution is 5.78. The van der Waals surface area contributed by atoms with Crippen LogP contribution in [0.5, 0.6) is 17.2 Å². The summed E-state index contributed by atoms with van der Waals surface area (Å²) in [5.41, 5.74) is 1.56. The zero-order chi connectivity index (χ0) is 19.1. The number of alkyl halides is 2. The molecular formula is C19H21F2NO4. The number of nitrogens with zero attached hydrogens (tertiary/aromatic N) is 1. The molecule has 0 radical (unpaired) electrons. The molecule has 2 aromatic carbocycles. The number of likely N-dealkylation sites (N-methyl/N-ethyl adjacent to an activating group) is 1. The van der Waals surface area contributed by atoms with Gasteiger partial charge in [0.05, 0.1) is 20.6 Å². The lowest BCUT2D eigenvalue weighted by Gasteiger charge is -2.19. The molecule has 0 bridgehead atoms. The van der Waals surface area contributed by atoms with Crippen LogP contribution < -0.4 is 14.2 Å². The molecule has 2 rings (SSSR count). The lowest BCUT2D eigenvalue weighted by atomic mass is 10.1. The molecule has 0 aliphatic heterocycles. The van der Waals surface area contributed by atoms with Gasteiger partial charge in [-0.3, -0.25) is 4.79 Å². The van der Waals surface area contributed by atoms with Crippen LogP contribution in [0.4, 0.5) is 8.78 Å². The molecule has 0 spiro atoms. The van der Waals surface area contributed by atoms with E-state index in [4.69, 9.17) is 9.47 Å². The van der Waals surface area contributed by atoms with Gasteiger partial charge in [-0.05, 0) is 29.8 Å². The normalized spacial score (nSPS) is 10.5. The second-order valence-electron chi connectivity index (χ2n) is 5.63. The van der Waals surface area contributed by atoms with Gasteiger partial charge >= 0.3 is 6.61 Å². The third-order valence-corrected chi connectivity index (χ3v) is 3.83. The number of benzene rings is 2. The molecule has 140 valence electrons. The molecule has 0 heterocycles. The molecule has 0 fully saturated rings. The van der Waals surface area contributed by atoms with E-state index in [1.807, 2.05) is 6.07 Å². The lowest BCUT2D eigenvalue weighted by Crippen LogP contribution is -2.27. The minimum absolute atomic E-state index is 0.0625. The molecule has 0 unspecified atom stereocenters. The predicted octanol–water partition coefficient (Wildman–Crippen LogP) is 3.51. The van der Waals surface area contributed by atoms with Crippen molar-refractivity contribution in [3.8, 4) is 17.2 Å². The molecule has 0 saturated carbocycles. The molecule has 5 nitrogen and oxygen atoms in total. The van der Waals surface area contributed by atoms with Crippen LogP contribution in [-0.4, -0.2) is 38.7 Å². The molecule has 0 N–H and O–H groups in total. The van der Waals surface area contributed by atoms with Crippen LogP contribution in [0.1, 0.15) is 11.1 Å². The Hall–Kier alpha value is -2.83. The zero-order valence-corrected chi connectivity index (χ0v) is 14.9. The number of carbonyl (C=O) groups excluding carboxylic acids is 1. The summed E-state index contributed by atoms with van der Waals surface area (Å²) in [6, 6.07) is 11.4. The first-order valence-corrected chi connectivity index (χ1v) is 7.91. The van der Waals surface area contributed by atoms with E-state index >= 15 is 0 Å². The van der Waals surface area contributed by atoms with Gasteiger partial charge in [0.2, 0.25) is 5.91 Å². The number of hydrogen-bond acceptors (Lipinski definition) is 4. The summed E-state index contributed by atoms with van der Waals surface area (Å²) < 4.78 is 39.1. The topological polar surface area (TPSA) is 48.0 Å². The predicted molar refractivity (Wildman–Crippen MR) is 92.8 cm³/mol. The summed E-state index contributed by atoms with van der Waals surface area (Å²) in [5.74, 6) is 1.26. The maximum absolute atomic E-state index is 12.4. The van der Waals surface area contributed by atoms with E-state index in [9.17, 15) is 13.6 Å². The lowest BCUT2D eigenvalue weighted by molar-refractivity contribution is -0.129. The van der Waals surface area contributed by atoms with Gasteiger partial charge < -0.3 is 19.1 Å². The number of hydrogen-bond donors (Lipinski definition) is 0. The Morgan fingerprint density at radius 2 is 1.69 bits per heavy atom. The highest BCUT2D eigenvalue weighted by Crippen LogP contribution is 2.25. The number of ether oxygens (including phenoxy) is 3. The first kappa shape index (κ1) is 19.5. The second kappa shape index (κ2) is 9.03. The molecule has 0 aliphatic rings. The Morgan fingerprint density at radius 1 is 1.04 bits per heavy atom. The van der Waals surface area contributed by atoms with Gasteiger partial charge in [-0.25, -0.2) is 0 Å². The van der Waals surface area contributed by atoms with Crippen molar-refractivity contribution >= 4 is 5.91 Å². The van der Waals surface area contributed by atoms with Crippen molar-refractivity contribution in [3.05, 3.63) is 53.6 Å². The Morgan fingerprint density at radius 3 is 2.27 bits per heavy atom.